The molecule has 16 heavy (non-hydrogen) atoms. The Hall–Kier alpha value is -0.940. The van der Waals surface area contributed by atoms with Gasteiger partial charge in [0.25, 0.3) is 0 Å². The number of carbonyl (C=O) groups is 1. The zero-order chi connectivity index (χ0) is 12.1. The standard InChI is InChI=1S/C11H16BrN3O/c1-3-7(2)10(13)11(16)15-8-4-5-9(12)14-6-8/h4-7,10H,3,13H2,1-2H3,(H,15,16)/t7?,10-/m0/s1. The second-order valence-corrected chi connectivity index (χ2v) is 4.58. The van der Waals surface area contributed by atoms with Crippen molar-refractivity contribution in [1.82, 2.24) is 4.98 Å². The van der Waals surface area contributed by atoms with Crippen LogP contribution in [-0.4, -0.2) is 16.9 Å². The number of aromatic nitrogens is 1. The first-order chi connectivity index (χ1) is 7.54. The zero-order valence-corrected chi connectivity index (χ0v) is 11.0. The van der Waals surface area contributed by atoms with Gasteiger partial charge in [0.15, 0.2) is 0 Å². The third kappa shape index (κ3) is 3.57. The minimum Gasteiger partial charge on any atom is -0.323 e. The largest absolute Gasteiger partial charge is 0.323 e. The number of pyridine rings is 1. The van der Waals surface area contributed by atoms with Gasteiger partial charge in [0.05, 0.1) is 17.9 Å². The predicted octanol–water partition coefficient (Wildman–Crippen LogP) is 2.16. The van der Waals surface area contributed by atoms with Gasteiger partial charge in [-0.1, -0.05) is 20.3 Å². The van der Waals surface area contributed by atoms with Crippen molar-refractivity contribution in [3.8, 4) is 0 Å². The number of nitrogens with two attached hydrogens (primary N) is 1. The van der Waals surface area contributed by atoms with Gasteiger partial charge < -0.3 is 11.1 Å². The van der Waals surface area contributed by atoms with Gasteiger partial charge in [0.1, 0.15) is 4.60 Å². The first-order valence-corrected chi connectivity index (χ1v) is 6.02. The van der Waals surface area contributed by atoms with Crippen LogP contribution in [0.3, 0.4) is 0 Å². The quantitative estimate of drug-likeness (QED) is 0.833. The van der Waals surface area contributed by atoms with Gasteiger partial charge in [-0.15, -0.1) is 0 Å². The van der Waals surface area contributed by atoms with Gasteiger partial charge in [0.2, 0.25) is 5.91 Å². The van der Waals surface area contributed by atoms with Crippen LogP contribution in [0, 0.1) is 5.92 Å². The molecule has 0 spiro atoms. The summed E-state index contributed by atoms with van der Waals surface area (Å²) in [4.78, 5) is 15.7. The Balaban J connectivity index is 2.60. The molecule has 0 aliphatic rings. The van der Waals surface area contributed by atoms with Gasteiger partial charge in [-0.3, -0.25) is 4.79 Å². The van der Waals surface area contributed by atoms with E-state index in [1.165, 1.54) is 0 Å². The molecule has 0 radical (unpaired) electrons. The molecule has 0 bridgehead atoms. The van der Waals surface area contributed by atoms with Crippen LogP contribution >= 0.6 is 15.9 Å². The van der Waals surface area contributed by atoms with Crippen LogP contribution in [0.15, 0.2) is 22.9 Å². The van der Waals surface area contributed by atoms with Crippen molar-refractivity contribution in [3.05, 3.63) is 22.9 Å². The minimum absolute atomic E-state index is 0.168. The molecule has 0 aliphatic heterocycles. The molecule has 3 N–H and O–H groups in total. The summed E-state index contributed by atoms with van der Waals surface area (Å²) < 4.78 is 0.733. The molecule has 0 saturated carbocycles. The Morgan fingerprint density at radius 1 is 1.62 bits per heavy atom. The average molecular weight is 286 g/mol. The van der Waals surface area contributed by atoms with E-state index in [1.54, 1.807) is 18.3 Å². The molecular formula is C11H16BrN3O. The van der Waals surface area contributed by atoms with Crippen LogP contribution in [0.5, 0.6) is 0 Å². The Bertz CT molecular complexity index is 353. The molecule has 1 aromatic heterocycles. The molecule has 0 aromatic carbocycles. The lowest BCUT2D eigenvalue weighted by Gasteiger charge is -2.17. The zero-order valence-electron chi connectivity index (χ0n) is 9.40. The van der Waals surface area contributed by atoms with Crippen molar-refractivity contribution >= 4 is 27.5 Å². The van der Waals surface area contributed by atoms with Gasteiger partial charge in [-0.05, 0) is 34.0 Å². The number of amides is 1. The molecule has 88 valence electrons. The summed E-state index contributed by atoms with van der Waals surface area (Å²) in [5, 5.41) is 2.74. The smallest absolute Gasteiger partial charge is 0.241 e. The third-order valence-corrected chi connectivity index (χ3v) is 3.02. The number of hydrogen-bond acceptors (Lipinski definition) is 3. The molecule has 1 rings (SSSR count). The summed E-state index contributed by atoms with van der Waals surface area (Å²) in [7, 11) is 0. The van der Waals surface area contributed by atoms with Gasteiger partial charge in [-0.2, -0.15) is 0 Å². The lowest BCUT2D eigenvalue weighted by Crippen LogP contribution is -2.40. The Kier molecular flexibility index (Phi) is 4.89. The maximum absolute atomic E-state index is 11.7. The van der Waals surface area contributed by atoms with Crippen LogP contribution in [0.25, 0.3) is 0 Å². The molecule has 1 unspecified atom stereocenters. The highest BCUT2D eigenvalue weighted by Crippen LogP contribution is 2.12. The number of hydrogen-bond donors (Lipinski definition) is 2. The van der Waals surface area contributed by atoms with Crippen molar-refractivity contribution in [2.24, 2.45) is 11.7 Å². The van der Waals surface area contributed by atoms with Gasteiger partial charge >= 0.3 is 0 Å². The van der Waals surface area contributed by atoms with Crippen LogP contribution < -0.4 is 11.1 Å². The summed E-state index contributed by atoms with van der Waals surface area (Å²) in [6.07, 6.45) is 2.47. The van der Waals surface area contributed by atoms with E-state index in [9.17, 15) is 4.79 Å². The first-order valence-electron chi connectivity index (χ1n) is 5.22. The monoisotopic (exact) mass is 285 g/mol. The average Bonchev–Trinajstić information content (AvgIpc) is 2.30. The van der Waals surface area contributed by atoms with E-state index in [4.69, 9.17) is 5.73 Å². The Morgan fingerprint density at radius 2 is 2.31 bits per heavy atom. The van der Waals surface area contributed by atoms with Crippen LogP contribution in [0.1, 0.15) is 20.3 Å². The van der Waals surface area contributed by atoms with E-state index >= 15 is 0 Å². The number of carbonyl (C=O) groups excluding carboxylic acids is 1. The number of anilines is 1. The number of nitrogens with one attached hydrogen (secondary N) is 1. The highest BCUT2D eigenvalue weighted by atomic mass is 79.9. The fourth-order valence-electron chi connectivity index (χ4n) is 1.19. The van der Waals surface area contributed by atoms with E-state index in [-0.39, 0.29) is 11.8 Å². The van der Waals surface area contributed by atoms with E-state index in [0.29, 0.717) is 5.69 Å². The van der Waals surface area contributed by atoms with Crippen molar-refractivity contribution in [2.45, 2.75) is 26.3 Å². The molecule has 5 heteroatoms. The fraction of sp³-hybridized carbons (Fsp3) is 0.455. The van der Waals surface area contributed by atoms with E-state index in [1.807, 2.05) is 13.8 Å². The van der Waals surface area contributed by atoms with E-state index in [2.05, 4.69) is 26.2 Å². The SMILES string of the molecule is CCC(C)[C@H](N)C(=O)Nc1ccc(Br)nc1. The lowest BCUT2D eigenvalue weighted by atomic mass is 9.99. The second kappa shape index (κ2) is 5.96. The fourth-order valence-corrected chi connectivity index (χ4v) is 1.42. The Morgan fingerprint density at radius 3 is 2.81 bits per heavy atom. The normalized spacial score (nSPS) is 14.2. The van der Waals surface area contributed by atoms with Crippen molar-refractivity contribution < 1.29 is 4.79 Å². The van der Waals surface area contributed by atoms with Gasteiger partial charge in [0, 0.05) is 0 Å². The van der Waals surface area contributed by atoms with Gasteiger partial charge in [-0.25, -0.2) is 4.98 Å². The van der Waals surface area contributed by atoms with Crippen LogP contribution in [0.2, 0.25) is 0 Å². The summed E-state index contributed by atoms with van der Waals surface area (Å²) >= 11 is 3.23. The molecular weight excluding hydrogens is 270 g/mol. The number of halogens is 1. The highest BCUT2D eigenvalue weighted by Gasteiger charge is 2.19. The first kappa shape index (κ1) is 13.1. The number of nitrogens with zero attached hydrogens (tertiary/aromatic N) is 1. The topological polar surface area (TPSA) is 68.0 Å². The second-order valence-electron chi connectivity index (χ2n) is 3.77. The molecule has 2 atom stereocenters. The van der Waals surface area contributed by atoms with Crippen LogP contribution in [-0.2, 0) is 4.79 Å². The summed E-state index contributed by atoms with van der Waals surface area (Å²) in [5.74, 6) is 0.00174. The molecule has 0 aliphatic carbocycles. The van der Waals surface area contributed by atoms with Crippen molar-refractivity contribution in [2.75, 3.05) is 5.32 Å². The Labute approximate surface area is 104 Å². The van der Waals surface area contributed by atoms with E-state index < -0.39 is 6.04 Å². The maximum Gasteiger partial charge on any atom is 0.241 e. The molecule has 0 fully saturated rings. The highest BCUT2D eigenvalue weighted by molar-refractivity contribution is 9.10. The van der Waals surface area contributed by atoms with Crippen molar-refractivity contribution in [3.63, 3.8) is 0 Å². The predicted molar refractivity (Wildman–Crippen MR) is 68.0 cm³/mol. The minimum atomic E-state index is -0.478. The molecule has 4 nitrogen and oxygen atoms in total. The van der Waals surface area contributed by atoms with E-state index in [0.717, 1.165) is 11.0 Å². The number of rotatable bonds is 4. The summed E-state index contributed by atoms with van der Waals surface area (Å²) in [6.45, 7) is 3.98. The third-order valence-electron chi connectivity index (χ3n) is 2.55. The molecule has 0 saturated heterocycles. The summed E-state index contributed by atoms with van der Waals surface area (Å²) in [6, 6.07) is 3.07. The maximum atomic E-state index is 11.7. The molecule has 1 aromatic rings. The summed E-state index contributed by atoms with van der Waals surface area (Å²) in [5.41, 5.74) is 6.47. The molecule has 1 heterocycles. The lowest BCUT2D eigenvalue weighted by molar-refractivity contribution is -0.118. The molecule has 1 amide bonds. The van der Waals surface area contributed by atoms with Crippen molar-refractivity contribution in [1.29, 1.82) is 0 Å². The van der Waals surface area contributed by atoms with Crippen LogP contribution in [0.4, 0.5) is 5.69 Å².